The number of pyridine rings is 1. The molecule has 0 saturated carbocycles. The smallest absolute Gasteiger partial charge is 0.487 e. The molecule has 0 amide bonds. The molecular weight excluding hydrogens is 324 g/mol. The average Bonchev–Trinajstić information content (AvgIpc) is 2.75. The molecule has 0 radical (unpaired) electrons. The average molecular weight is 346 g/mol. The molecule has 2 heterocycles. The molecule has 1 aliphatic heterocycles. The van der Waals surface area contributed by atoms with Gasteiger partial charge >= 0.3 is 7.12 Å². The summed E-state index contributed by atoms with van der Waals surface area (Å²) in [5.41, 5.74) is 1.11. The Morgan fingerprint density at radius 3 is 2.46 bits per heavy atom. The van der Waals surface area contributed by atoms with E-state index in [1.807, 2.05) is 52.0 Å². The van der Waals surface area contributed by atoms with E-state index in [1.54, 1.807) is 18.5 Å². The lowest BCUT2D eigenvalue weighted by Crippen LogP contribution is -2.41. The second-order valence-electron chi connectivity index (χ2n) is 6.93. The number of benzene rings is 1. The molecule has 2 aromatic rings. The van der Waals surface area contributed by atoms with E-state index in [0.29, 0.717) is 17.4 Å². The van der Waals surface area contributed by atoms with Crippen molar-refractivity contribution in [3.63, 3.8) is 0 Å². The molecule has 1 aromatic carbocycles. The van der Waals surface area contributed by atoms with Gasteiger partial charge in [0.15, 0.2) is 0 Å². The normalized spacial score (nSPS) is 18.6. The Kier molecular flexibility index (Phi) is 4.60. The molecule has 0 unspecified atom stereocenters. The van der Waals surface area contributed by atoms with Crippen LogP contribution in [0.2, 0.25) is 5.02 Å². The SMILES string of the molecule is CC1(C)OB(c2ccc(Cl)c(OCc3cccnc3)c2)OC1(C)C. The van der Waals surface area contributed by atoms with Gasteiger partial charge in [-0.3, -0.25) is 4.98 Å². The third kappa shape index (κ3) is 3.43. The van der Waals surface area contributed by atoms with Gasteiger partial charge < -0.3 is 14.0 Å². The molecule has 1 aromatic heterocycles. The summed E-state index contributed by atoms with van der Waals surface area (Å²) in [6.45, 7) is 8.53. The number of ether oxygens (including phenoxy) is 1. The van der Waals surface area contributed by atoms with Gasteiger partial charge in [-0.15, -0.1) is 0 Å². The zero-order valence-corrected chi connectivity index (χ0v) is 15.1. The fraction of sp³-hybridized carbons (Fsp3) is 0.389. The van der Waals surface area contributed by atoms with Crippen LogP contribution in [0, 0.1) is 0 Å². The van der Waals surface area contributed by atoms with Gasteiger partial charge in [-0.1, -0.05) is 23.7 Å². The van der Waals surface area contributed by atoms with Crippen molar-refractivity contribution in [3.05, 3.63) is 53.3 Å². The standard InChI is InChI=1S/C18H21BClNO3/c1-17(2)18(3,4)24-19(23-17)14-7-8-15(20)16(10-14)22-12-13-6-5-9-21-11-13/h5-11H,12H2,1-4H3. The molecular formula is C18H21BClNO3. The van der Waals surface area contributed by atoms with Gasteiger partial charge in [0.05, 0.1) is 16.2 Å². The van der Waals surface area contributed by atoms with Crippen molar-refractivity contribution in [1.29, 1.82) is 0 Å². The lowest BCUT2D eigenvalue weighted by Gasteiger charge is -2.32. The van der Waals surface area contributed by atoms with Gasteiger partial charge in [-0.25, -0.2) is 0 Å². The highest BCUT2D eigenvalue weighted by molar-refractivity contribution is 6.62. The molecule has 1 aliphatic rings. The Balaban J connectivity index is 1.77. The number of hydrogen-bond donors (Lipinski definition) is 0. The van der Waals surface area contributed by atoms with E-state index >= 15 is 0 Å². The van der Waals surface area contributed by atoms with Crippen LogP contribution in [0.4, 0.5) is 0 Å². The maximum atomic E-state index is 6.26. The summed E-state index contributed by atoms with van der Waals surface area (Å²) in [6.07, 6.45) is 3.50. The van der Waals surface area contributed by atoms with Gasteiger partial charge in [0.25, 0.3) is 0 Å². The van der Waals surface area contributed by atoms with Gasteiger partial charge in [-0.2, -0.15) is 0 Å². The minimum absolute atomic E-state index is 0.381. The number of hydrogen-bond acceptors (Lipinski definition) is 4. The van der Waals surface area contributed by atoms with E-state index in [-0.39, 0.29) is 11.2 Å². The van der Waals surface area contributed by atoms with Crippen molar-refractivity contribution in [3.8, 4) is 5.75 Å². The first-order chi connectivity index (χ1) is 11.3. The summed E-state index contributed by atoms with van der Waals surface area (Å²) in [6, 6.07) is 9.42. The zero-order valence-electron chi connectivity index (χ0n) is 14.4. The van der Waals surface area contributed by atoms with E-state index in [2.05, 4.69) is 4.98 Å². The van der Waals surface area contributed by atoms with Gasteiger partial charge in [-0.05, 0) is 51.4 Å². The first-order valence-electron chi connectivity index (χ1n) is 7.95. The Morgan fingerprint density at radius 1 is 1.12 bits per heavy atom. The van der Waals surface area contributed by atoms with E-state index in [1.165, 1.54) is 0 Å². The highest BCUT2D eigenvalue weighted by atomic mass is 35.5. The molecule has 0 aliphatic carbocycles. The minimum atomic E-state index is -0.437. The van der Waals surface area contributed by atoms with Crippen molar-refractivity contribution in [2.75, 3.05) is 0 Å². The topological polar surface area (TPSA) is 40.6 Å². The molecule has 0 bridgehead atoms. The van der Waals surface area contributed by atoms with Crippen molar-refractivity contribution in [1.82, 2.24) is 4.98 Å². The maximum absolute atomic E-state index is 6.26. The van der Waals surface area contributed by atoms with Crippen molar-refractivity contribution >= 4 is 24.2 Å². The first-order valence-corrected chi connectivity index (χ1v) is 8.33. The summed E-state index contributed by atoms with van der Waals surface area (Å²) in [7, 11) is -0.437. The molecule has 0 spiro atoms. The van der Waals surface area contributed by atoms with Gasteiger partial charge in [0, 0.05) is 18.0 Å². The summed E-state index contributed by atoms with van der Waals surface area (Å²) in [5, 5.41) is 0.555. The van der Waals surface area contributed by atoms with Crippen LogP contribution in [0.5, 0.6) is 5.75 Å². The Bertz CT molecular complexity index is 705. The van der Waals surface area contributed by atoms with Crippen LogP contribution in [0.3, 0.4) is 0 Å². The minimum Gasteiger partial charge on any atom is -0.487 e. The van der Waals surface area contributed by atoms with Crippen molar-refractivity contribution in [2.24, 2.45) is 0 Å². The molecule has 126 valence electrons. The predicted molar refractivity (Wildman–Crippen MR) is 95.7 cm³/mol. The summed E-state index contributed by atoms with van der Waals surface area (Å²) >= 11 is 6.26. The molecule has 6 heteroatoms. The molecule has 1 fully saturated rings. The molecule has 3 rings (SSSR count). The third-order valence-corrected chi connectivity index (χ3v) is 4.91. The Hall–Kier alpha value is -1.56. The van der Waals surface area contributed by atoms with Crippen LogP contribution in [0.25, 0.3) is 0 Å². The fourth-order valence-electron chi connectivity index (χ4n) is 2.40. The zero-order chi connectivity index (χ0) is 17.4. The van der Waals surface area contributed by atoms with Crippen LogP contribution in [0.1, 0.15) is 33.3 Å². The lowest BCUT2D eigenvalue weighted by molar-refractivity contribution is 0.00578. The Morgan fingerprint density at radius 2 is 1.83 bits per heavy atom. The van der Waals surface area contributed by atoms with Gasteiger partial charge in [0.2, 0.25) is 0 Å². The number of nitrogens with zero attached hydrogens (tertiary/aromatic N) is 1. The molecule has 1 saturated heterocycles. The second kappa shape index (κ2) is 6.39. The van der Waals surface area contributed by atoms with Crippen LogP contribution in [-0.4, -0.2) is 23.3 Å². The summed E-state index contributed by atoms with van der Waals surface area (Å²) in [5.74, 6) is 0.604. The largest absolute Gasteiger partial charge is 0.494 e. The number of aromatic nitrogens is 1. The van der Waals surface area contributed by atoms with Crippen LogP contribution >= 0.6 is 11.6 Å². The van der Waals surface area contributed by atoms with E-state index in [0.717, 1.165) is 11.0 Å². The molecule has 4 nitrogen and oxygen atoms in total. The highest BCUT2D eigenvalue weighted by Gasteiger charge is 2.51. The maximum Gasteiger partial charge on any atom is 0.494 e. The summed E-state index contributed by atoms with van der Waals surface area (Å²) < 4.78 is 18.0. The molecule has 0 N–H and O–H groups in total. The van der Waals surface area contributed by atoms with E-state index in [9.17, 15) is 0 Å². The highest BCUT2D eigenvalue weighted by Crippen LogP contribution is 2.37. The monoisotopic (exact) mass is 345 g/mol. The van der Waals surface area contributed by atoms with Crippen molar-refractivity contribution in [2.45, 2.75) is 45.5 Å². The third-order valence-electron chi connectivity index (χ3n) is 4.60. The quantitative estimate of drug-likeness (QED) is 0.794. The van der Waals surface area contributed by atoms with Gasteiger partial charge in [0.1, 0.15) is 12.4 Å². The lowest BCUT2D eigenvalue weighted by atomic mass is 9.79. The summed E-state index contributed by atoms with van der Waals surface area (Å²) in [4.78, 5) is 4.08. The van der Waals surface area contributed by atoms with Crippen molar-refractivity contribution < 1.29 is 14.0 Å². The fourth-order valence-corrected chi connectivity index (χ4v) is 2.57. The number of rotatable bonds is 4. The predicted octanol–water partition coefficient (Wildman–Crippen LogP) is 3.61. The molecule has 24 heavy (non-hydrogen) atoms. The van der Waals surface area contributed by atoms with Crippen LogP contribution in [0.15, 0.2) is 42.7 Å². The first kappa shape index (κ1) is 17.3. The number of halogens is 1. The Labute approximate surface area is 148 Å². The van der Waals surface area contributed by atoms with Crippen LogP contribution in [-0.2, 0) is 15.9 Å². The molecule has 0 atom stereocenters. The van der Waals surface area contributed by atoms with E-state index < -0.39 is 7.12 Å². The van der Waals surface area contributed by atoms with E-state index in [4.69, 9.17) is 25.6 Å². The second-order valence-corrected chi connectivity index (χ2v) is 7.34. The van der Waals surface area contributed by atoms with Crippen LogP contribution < -0.4 is 10.2 Å².